The second kappa shape index (κ2) is 32.2. The Bertz CT molecular complexity index is 688. The van der Waals surface area contributed by atoms with Crippen LogP contribution in [0.15, 0.2) is 0 Å². The number of carbonyl (C=O) groups is 3. The molecular formula is C37H72O6S3Sn. The molecular weight excluding hydrogens is 755 g/mol. The number of rotatable bonds is 33. The Hall–Kier alpha value is 0.259. The van der Waals surface area contributed by atoms with Gasteiger partial charge in [-0.05, 0) is 0 Å². The molecule has 0 atom stereocenters. The fraction of sp³-hybridized carbons (Fsp3) is 0.919. The molecule has 0 bridgehead atoms. The van der Waals surface area contributed by atoms with Gasteiger partial charge in [0.25, 0.3) is 0 Å². The zero-order valence-electron chi connectivity index (χ0n) is 31.4. The van der Waals surface area contributed by atoms with Crippen LogP contribution < -0.4 is 0 Å². The third kappa shape index (κ3) is 31.9. The molecule has 0 aliphatic rings. The Labute approximate surface area is 302 Å². The van der Waals surface area contributed by atoms with Gasteiger partial charge < -0.3 is 0 Å². The molecule has 0 aromatic carbocycles. The first-order valence-electron chi connectivity index (χ1n) is 18.9. The SMILES string of the molecule is CCC[CH2][Sn]([S]CCC(=O)OCCCCCC(C)C)([S]CCC(=O)OCCCCCC(C)C)[S]CCC(=O)OCCCCCC(C)C. The van der Waals surface area contributed by atoms with Crippen molar-refractivity contribution in [1.82, 2.24) is 0 Å². The van der Waals surface area contributed by atoms with Crippen LogP contribution in [-0.2, 0) is 28.6 Å². The van der Waals surface area contributed by atoms with E-state index in [4.69, 9.17) is 14.2 Å². The Morgan fingerprint density at radius 1 is 0.489 bits per heavy atom. The van der Waals surface area contributed by atoms with E-state index in [1.165, 1.54) is 38.5 Å². The third-order valence-corrected chi connectivity index (χ3v) is 48.0. The van der Waals surface area contributed by atoms with E-state index in [2.05, 4.69) is 48.5 Å². The van der Waals surface area contributed by atoms with Gasteiger partial charge in [-0.2, -0.15) is 0 Å². The minimum absolute atomic E-state index is 0.110. The average Bonchev–Trinajstić information content (AvgIpc) is 3.00. The van der Waals surface area contributed by atoms with Gasteiger partial charge in [0.15, 0.2) is 0 Å². The second-order valence-corrected chi connectivity index (χ2v) is 48.0. The van der Waals surface area contributed by atoms with Crippen LogP contribution in [0.1, 0.15) is 158 Å². The summed E-state index contributed by atoms with van der Waals surface area (Å²) in [4.78, 5) is 37.6. The predicted octanol–water partition coefficient (Wildman–Crippen LogP) is 11.4. The van der Waals surface area contributed by atoms with Gasteiger partial charge in [-0.25, -0.2) is 0 Å². The molecule has 0 aromatic heterocycles. The summed E-state index contributed by atoms with van der Waals surface area (Å²) >= 11 is -3.00. The van der Waals surface area contributed by atoms with Crippen molar-refractivity contribution in [2.75, 3.05) is 37.1 Å². The molecule has 0 aliphatic carbocycles. The van der Waals surface area contributed by atoms with E-state index >= 15 is 0 Å². The monoisotopic (exact) mass is 828 g/mol. The first-order chi connectivity index (χ1) is 22.5. The zero-order chi connectivity index (χ0) is 35.2. The van der Waals surface area contributed by atoms with E-state index in [1.54, 1.807) is 0 Å². The number of carbonyl (C=O) groups excluding carboxylic acids is 3. The van der Waals surface area contributed by atoms with Crippen LogP contribution >= 0.6 is 26.8 Å². The molecule has 0 fully saturated rings. The van der Waals surface area contributed by atoms with Crippen molar-refractivity contribution in [2.24, 2.45) is 17.8 Å². The van der Waals surface area contributed by atoms with Gasteiger partial charge in [-0.15, -0.1) is 0 Å². The van der Waals surface area contributed by atoms with Gasteiger partial charge in [0, 0.05) is 0 Å². The van der Waals surface area contributed by atoms with Crippen LogP contribution in [0.4, 0.5) is 0 Å². The van der Waals surface area contributed by atoms with E-state index in [0.29, 0.717) is 39.1 Å². The number of ether oxygens (including phenoxy) is 3. The zero-order valence-corrected chi connectivity index (χ0v) is 36.7. The molecule has 47 heavy (non-hydrogen) atoms. The number of hydrogen-bond donors (Lipinski definition) is 0. The molecule has 0 spiro atoms. The van der Waals surface area contributed by atoms with Crippen molar-refractivity contribution < 1.29 is 28.6 Å². The van der Waals surface area contributed by atoms with Crippen LogP contribution in [0.2, 0.25) is 4.44 Å². The van der Waals surface area contributed by atoms with Crippen LogP contribution in [0.3, 0.4) is 0 Å². The Morgan fingerprint density at radius 2 is 0.809 bits per heavy atom. The molecule has 10 heteroatoms. The van der Waals surface area contributed by atoms with E-state index in [1.807, 2.05) is 26.8 Å². The van der Waals surface area contributed by atoms with E-state index in [0.717, 1.165) is 90.8 Å². The van der Waals surface area contributed by atoms with Crippen LogP contribution in [0, 0.1) is 17.8 Å². The summed E-state index contributed by atoms with van der Waals surface area (Å²) in [5, 5.41) is 0. The normalized spacial score (nSPS) is 11.9. The first-order valence-corrected chi connectivity index (χ1v) is 34.3. The van der Waals surface area contributed by atoms with Crippen LogP contribution in [-0.4, -0.2) is 69.2 Å². The minimum atomic E-state index is -3.00. The van der Waals surface area contributed by atoms with Gasteiger partial charge in [-0.1, -0.05) is 0 Å². The van der Waals surface area contributed by atoms with Crippen molar-refractivity contribution >= 4 is 59.0 Å². The summed E-state index contributed by atoms with van der Waals surface area (Å²) in [7, 11) is 5.94. The maximum atomic E-state index is 12.5. The number of unbranched alkanes of at least 4 members (excludes halogenated alkanes) is 7. The molecule has 0 saturated carbocycles. The van der Waals surface area contributed by atoms with Gasteiger partial charge >= 0.3 is 304 Å². The summed E-state index contributed by atoms with van der Waals surface area (Å²) in [5.74, 6) is 4.05. The van der Waals surface area contributed by atoms with Crippen molar-refractivity contribution in [3.8, 4) is 0 Å². The molecule has 0 amide bonds. The molecule has 0 saturated heterocycles. The molecule has 0 N–H and O–H groups in total. The van der Waals surface area contributed by atoms with E-state index < -0.39 is 14.2 Å². The molecule has 0 rings (SSSR count). The summed E-state index contributed by atoms with van der Waals surface area (Å²) in [6.07, 6.45) is 16.8. The summed E-state index contributed by atoms with van der Waals surface area (Å²) < 4.78 is 17.8. The second-order valence-electron chi connectivity index (χ2n) is 14.0. The van der Waals surface area contributed by atoms with E-state index in [9.17, 15) is 14.4 Å². The molecule has 0 aliphatic heterocycles. The fourth-order valence-corrected chi connectivity index (χ4v) is 44.0. The quantitative estimate of drug-likeness (QED) is 0.0278. The molecule has 0 unspecified atom stereocenters. The molecule has 278 valence electrons. The third-order valence-electron chi connectivity index (χ3n) is 7.79. The van der Waals surface area contributed by atoms with Gasteiger partial charge in [0.1, 0.15) is 0 Å². The molecule has 0 heterocycles. The Morgan fingerprint density at radius 3 is 1.09 bits per heavy atom. The molecule has 6 nitrogen and oxygen atoms in total. The Balaban J connectivity index is 4.92. The molecule has 0 radical (unpaired) electrons. The first kappa shape index (κ1) is 47.3. The molecule has 0 aromatic rings. The van der Waals surface area contributed by atoms with Gasteiger partial charge in [0.2, 0.25) is 0 Å². The number of hydrogen-bond acceptors (Lipinski definition) is 9. The topological polar surface area (TPSA) is 78.9 Å². The Kier molecular flexibility index (Phi) is 32.4. The summed E-state index contributed by atoms with van der Waals surface area (Å²) in [6.45, 7) is 17.2. The van der Waals surface area contributed by atoms with E-state index in [-0.39, 0.29) is 17.9 Å². The van der Waals surface area contributed by atoms with Crippen molar-refractivity contribution in [3.05, 3.63) is 0 Å². The van der Waals surface area contributed by atoms with Crippen LogP contribution in [0.25, 0.3) is 0 Å². The van der Waals surface area contributed by atoms with Crippen molar-refractivity contribution in [1.29, 1.82) is 0 Å². The average molecular weight is 828 g/mol. The maximum absolute atomic E-state index is 12.5. The van der Waals surface area contributed by atoms with Crippen LogP contribution in [0.5, 0.6) is 0 Å². The fourth-order valence-electron chi connectivity index (χ4n) is 4.87. The van der Waals surface area contributed by atoms with Crippen molar-refractivity contribution in [3.63, 3.8) is 0 Å². The summed E-state index contributed by atoms with van der Waals surface area (Å²) in [5.41, 5.74) is 0. The van der Waals surface area contributed by atoms with Gasteiger partial charge in [-0.3, -0.25) is 0 Å². The van der Waals surface area contributed by atoms with Gasteiger partial charge in [0.05, 0.1) is 0 Å². The van der Waals surface area contributed by atoms with Crippen molar-refractivity contribution in [2.45, 2.75) is 162 Å². The standard InChI is InChI=1S/3C11H22O2S.C4H9.Sn/c3*1-10(2)6-4-3-5-8-13-11(12)7-9-14;1-3-4-2;/h3*10,14H,3-9H2,1-2H3;1,3-4H2,2H3;/q;;;;+3/p-3. The summed E-state index contributed by atoms with van der Waals surface area (Å²) in [6, 6.07) is 0. The number of esters is 3. The predicted molar refractivity (Wildman–Crippen MR) is 209 cm³/mol.